The molecule has 1 N–H and O–H groups in total. The van der Waals surface area contributed by atoms with E-state index < -0.39 is 10.0 Å². The maximum atomic E-state index is 13.1. The van der Waals surface area contributed by atoms with Crippen LogP contribution in [-0.4, -0.2) is 49.5 Å². The van der Waals surface area contributed by atoms with Crippen molar-refractivity contribution in [2.75, 3.05) is 24.1 Å². The Hall–Kier alpha value is -2.25. The number of nitrogens with zero attached hydrogens (tertiary/aromatic N) is 2. The van der Waals surface area contributed by atoms with Crippen LogP contribution >= 0.6 is 0 Å². The number of hydrogen-bond acceptors (Lipinski definition) is 5. The predicted octanol–water partition coefficient (Wildman–Crippen LogP) is 3.12. The molecule has 0 aliphatic carbocycles. The molecule has 1 aromatic carbocycles. The second-order valence-electron chi connectivity index (χ2n) is 7.32. The van der Waals surface area contributed by atoms with Crippen LogP contribution in [0.15, 0.2) is 48.8 Å². The number of anilines is 1. The molecule has 2 heterocycles. The molecule has 1 aliphatic heterocycles. The van der Waals surface area contributed by atoms with Crippen LogP contribution in [0, 0.1) is 0 Å². The third-order valence-corrected chi connectivity index (χ3v) is 5.66. The highest BCUT2D eigenvalue weighted by atomic mass is 32.2. The van der Waals surface area contributed by atoms with E-state index in [1.807, 2.05) is 24.5 Å². The van der Waals surface area contributed by atoms with Crippen LogP contribution in [0.2, 0.25) is 0 Å². The molecule has 0 radical (unpaired) electrons. The molecule has 0 saturated carbocycles. The Balaban J connectivity index is 1.61. The van der Waals surface area contributed by atoms with Crippen LogP contribution in [0.5, 0.6) is 0 Å². The van der Waals surface area contributed by atoms with Crippen molar-refractivity contribution >= 4 is 21.5 Å². The summed E-state index contributed by atoms with van der Waals surface area (Å²) in [6, 6.07) is 10.7. The smallest absolute Gasteiger partial charge is 0.229 e. The van der Waals surface area contributed by atoms with Gasteiger partial charge in [0.25, 0.3) is 0 Å². The Morgan fingerprint density at radius 2 is 1.86 bits per heavy atom. The first-order chi connectivity index (χ1) is 13.4. The average molecular weight is 402 g/mol. The molecule has 6 nitrogen and oxygen atoms in total. The van der Waals surface area contributed by atoms with E-state index in [9.17, 15) is 13.2 Å². The van der Waals surface area contributed by atoms with Crippen molar-refractivity contribution < 1.29 is 13.2 Å². The van der Waals surface area contributed by atoms with Crippen molar-refractivity contribution in [1.82, 2.24) is 9.88 Å². The zero-order chi connectivity index (χ0) is 20.0. The van der Waals surface area contributed by atoms with Gasteiger partial charge in [-0.1, -0.05) is 6.42 Å². The lowest BCUT2D eigenvalue weighted by Gasteiger charge is -2.34. The third-order valence-electron chi connectivity index (χ3n) is 5.05. The summed E-state index contributed by atoms with van der Waals surface area (Å²) >= 11 is 0. The zero-order valence-electron chi connectivity index (χ0n) is 16.2. The number of ketones is 1. The lowest BCUT2D eigenvalue weighted by Crippen LogP contribution is -2.45. The number of pyridine rings is 1. The maximum absolute atomic E-state index is 13.1. The molecule has 7 heteroatoms. The lowest BCUT2D eigenvalue weighted by molar-refractivity contribution is 0.0744. The highest BCUT2D eigenvalue weighted by Gasteiger charge is 2.28. The summed E-state index contributed by atoms with van der Waals surface area (Å²) in [4.78, 5) is 19.4. The second kappa shape index (κ2) is 9.30. The number of sulfonamides is 1. The number of aromatic nitrogens is 1. The number of aryl methyl sites for hydroxylation is 1. The lowest BCUT2D eigenvalue weighted by atomic mass is 9.94. The van der Waals surface area contributed by atoms with Gasteiger partial charge in [-0.15, -0.1) is 0 Å². The van der Waals surface area contributed by atoms with Gasteiger partial charge in [-0.3, -0.25) is 19.4 Å². The number of benzene rings is 1. The fourth-order valence-corrected chi connectivity index (χ4v) is 4.26. The molecule has 0 amide bonds. The Morgan fingerprint density at radius 3 is 2.54 bits per heavy atom. The minimum Gasteiger partial charge on any atom is -0.293 e. The maximum Gasteiger partial charge on any atom is 0.229 e. The van der Waals surface area contributed by atoms with Gasteiger partial charge in [-0.05, 0) is 80.7 Å². The van der Waals surface area contributed by atoms with Gasteiger partial charge in [0.1, 0.15) is 0 Å². The summed E-state index contributed by atoms with van der Waals surface area (Å²) in [5, 5.41) is 0. The highest BCUT2D eigenvalue weighted by Crippen LogP contribution is 2.22. The largest absolute Gasteiger partial charge is 0.293 e. The zero-order valence-corrected chi connectivity index (χ0v) is 17.0. The normalized spacial score (nSPS) is 18.0. The van der Waals surface area contributed by atoms with Crippen LogP contribution < -0.4 is 4.72 Å². The van der Waals surface area contributed by atoms with E-state index in [0.29, 0.717) is 11.3 Å². The fourth-order valence-electron chi connectivity index (χ4n) is 3.70. The van der Waals surface area contributed by atoms with E-state index in [2.05, 4.69) is 14.6 Å². The predicted molar refractivity (Wildman–Crippen MR) is 111 cm³/mol. The van der Waals surface area contributed by atoms with Crippen molar-refractivity contribution in [3.63, 3.8) is 0 Å². The monoisotopic (exact) mass is 401 g/mol. The summed E-state index contributed by atoms with van der Waals surface area (Å²) in [5.41, 5.74) is 2.37. The number of rotatable bonds is 8. The van der Waals surface area contributed by atoms with Gasteiger partial charge in [0.05, 0.1) is 12.3 Å². The van der Waals surface area contributed by atoms with Gasteiger partial charge in [0, 0.05) is 23.6 Å². The number of likely N-dealkylation sites (tertiary alicyclic amines) is 1. The topological polar surface area (TPSA) is 79.4 Å². The molecular weight excluding hydrogens is 374 g/mol. The molecule has 1 atom stereocenters. The summed E-state index contributed by atoms with van der Waals surface area (Å²) in [5.74, 6) is 0.120. The Kier molecular flexibility index (Phi) is 6.80. The van der Waals surface area contributed by atoms with E-state index >= 15 is 0 Å². The average Bonchev–Trinajstić information content (AvgIpc) is 2.68. The van der Waals surface area contributed by atoms with Gasteiger partial charge < -0.3 is 0 Å². The summed E-state index contributed by atoms with van der Waals surface area (Å²) in [7, 11) is -3.32. The minimum absolute atomic E-state index is 0.0973. The quantitative estimate of drug-likeness (QED) is 0.688. The molecule has 28 heavy (non-hydrogen) atoms. The van der Waals surface area contributed by atoms with E-state index in [-0.39, 0.29) is 11.8 Å². The van der Waals surface area contributed by atoms with Gasteiger partial charge in [-0.25, -0.2) is 8.42 Å². The fraction of sp³-hybridized carbons (Fsp3) is 0.429. The second-order valence-corrected chi connectivity index (χ2v) is 9.07. The van der Waals surface area contributed by atoms with Crippen molar-refractivity contribution in [3.05, 3.63) is 59.9 Å². The van der Waals surface area contributed by atoms with Crippen molar-refractivity contribution in [2.24, 2.45) is 0 Å². The first-order valence-corrected chi connectivity index (χ1v) is 11.6. The number of Topliss-reactive ketones (excluding diaryl/α,β-unsaturated/α-hetero) is 1. The molecular formula is C21H27N3O3S. The van der Waals surface area contributed by atoms with E-state index in [0.717, 1.165) is 51.4 Å². The number of carbonyl (C=O) groups excluding carboxylic acids is 1. The van der Waals surface area contributed by atoms with Gasteiger partial charge in [0.2, 0.25) is 10.0 Å². The Bertz CT molecular complexity index is 883. The summed E-state index contributed by atoms with van der Waals surface area (Å²) in [6.07, 6.45) is 9.77. The van der Waals surface area contributed by atoms with Crippen LogP contribution in [0.1, 0.15) is 41.6 Å². The Morgan fingerprint density at radius 1 is 1.14 bits per heavy atom. The van der Waals surface area contributed by atoms with Crippen LogP contribution in [0.25, 0.3) is 0 Å². The first kappa shape index (κ1) is 20.5. The van der Waals surface area contributed by atoms with Crippen LogP contribution in [-0.2, 0) is 16.4 Å². The molecule has 1 aromatic heterocycles. The van der Waals surface area contributed by atoms with E-state index in [1.165, 1.54) is 5.56 Å². The van der Waals surface area contributed by atoms with E-state index in [1.54, 1.807) is 24.3 Å². The molecule has 1 unspecified atom stereocenters. The standard InChI is InChI=1S/C21H27N3O3S/c1-28(26,27)23-19-9-7-18(8-10-19)21(25)20-6-2-3-15-24(20)16-4-5-17-11-13-22-14-12-17/h7-14,20,23H,2-6,15-16H2,1H3. The van der Waals surface area contributed by atoms with Gasteiger partial charge >= 0.3 is 0 Å². The van der Waals surface area contributed by atoms with E-state index in [4.69, 9.17) is 0 Å². The molecule has 0 spiro atoms. The van der Waals surface area contributed by atoms with Crippen LogP contribution in [0.3, 0.4) is 0 Å². The number of carbonyl (C=O) groups is 1. The van der Waals surface area contributed by atoms with Gasteiger partial charge in [-0.2, -0.15) is 0 Å². The number of piperidine rings is 1. The third kappa shape index (κ3) is 5.87. The minimum atomic E-state index is -3.32. The molecule has 3 rings (SSSR count). The van der Waals surface area contributed by atoms with Crippen LogP contribution in [0.4, 0.5) is 5.69 Å². The number of hydrogen-bond donors (Lipinski definition) is 1. The Labute approximate surface area is 167 Å². The number of nitrogens with one attached hydrogen (secondary N) is 1. The SMILES string of the molecule is CS(=O)(=O)Nc1ccc(C(=O)C2CCCCN2CCCc2ccncc2)cc1. The highest BCUT2D eigenvalue weighted by molar-refractivity contribution is 7.92. The molecule has 0 bridgehead atoms. The molecule has 1 aliphatic rings. The first-order valence-electron chi connectivity index (χ1n) is 9.67. The summed E-state index contributed by atoms with van der Waals surface area (Å²) < 4.78 is 25.1. The van der Waals surface area contributed by atoms with Crippen molar-refractivity contribution in [1.29, 1.82) is 0 Å². The molecule has 2 aromatic rings. The molecule has 1 fully saturated rings. The van der Waals surface area contributed by atoms with Gasteiger partial charge in [0.15, 0.2) is 5.78 Å². The summed E-state index contributed by atoms with van der Waals surface area (Å²) in [6.45, 7) is 1.84. The van der Waals surface area contributed by atoms with Crippen molar-refractivity contribution in [3.8, 4) is 0 Å². The van der Waals surface area contributed by atoms with Crippen molar-refractivity contribution in [2.45, 2.75) is 38.1 Å². The molecule has 1 saturated heterocycles. The molecule has 150 valence electrons.